The lowest BCUT2D eigenvalue weighted by atomic mass is 10.2. The molecule has 0 fully saturated rings. The molecule has 1 aromatic heterocycles. The van der Waals surface area contributed by atoms with Gasteiger partial charge < -0.3 is 4.43 Å². The minimum Gasteiger partial charge on any atom is -0.411 e. The second-order valence-corrected chi connectivity index (χ2v) is 11.6. The van der Waals surface area contributed by atoms with Crippen LogP contribution in [0.25, 0.3) is 0 Å². The van der Waals surface area contributed by atoms with Crippen LogP contribution in [0.1, 0.15) is 32.0 Å². The Morgan fingerprint density at radius 1 is 1.37 bits per heavy atom. The van der Waals surface area contributed by atoms with Crippen molar-refractivity contribution in [2.75, 3.05) is 6.26 Å². The number of aromatic nitrogens is 1. The summed E-state index contributed by atoms with van der Waals surface area (Å²) in [6, 6.07) is 5.86. The number of nitrogens with zero attached hydrogens (tertiary/aromatic N) is 2. The molecule has 0 unspecified atom stereocenters. The van der Waals surface area contributed by atoms with E-state index in [-0.39, 0.29) is 5.04 Å². The number of pyridine rings is 1. The Labute approximate surface area is 121 Å². The van der Waals surface area contributed by atoms with Crippen molar-refractivity contribution in [1.82, 2.24) is 4.98 Å². The normalized spacial score (nSPS) is 12.3. The first-order chi connectivity index (χ1) is 8.71. The quantitative estimate of drug-likeness (QED) is 0.617. The predicted octanol–water partition coefficient (Wildman–Crippen LogP) is 4.20. The maximum atomic E-state index is 8.98. The van der Waals surface area contributed by atoms with E-state index in [1.54, 1.807) is 0 Å². The van der Waals surface area contributed by atoms with Crippen molar-refractivity contribution in [3.8, 4) is 6.07 Å². The maximum Gasteiger partial charge on any atom is 0.192 e. The molecule has 0 saturated carbocycles. The summed E-state index contributed by atoms with van der Waals surface area (Å²) >= 11 is 1.50. The molecule has 0 aliphatic heterocycles. The van der Waals surface area contributed by atoms with Crippen molar-refractivity contribution in [3.63, 3.8) is 0 Å². The van der Waals surface area contributed by atoms with E-state index in [1.165, 1.54) is 11.8 Å². The van der Waals surface area contributed by atoms with E-state index in [0.29, 0.717) is 12.2 Å². The first-order valence-corrected chi connectivity index (χ1v) is 10.4. The fourth-order valence-electron chi connectivity index (χ4n) is 1.27. The van der Waals surface area contributed by atoms with Gasteiger partial charge in [0.2, 0.25) is 0 Å². The van der Waals surface area contributed by atoms with Gasteiger partial charge in [-0.3, -0.25) is 0 Å². The van der Waals surface area contributed by atoms with Crippen molar-refractivity contribution < 1.29 is 4.43 Å². The first kappa shape index (κ1) is 16.2. The summed E-state index contributed by atoms with van der Waals surface area (Å²) < 4.78 is 6.14. The third kappa shape index (κ3) is 4.07. The van der Waals surface area contributed by atoms with Crippen LogP contribution in [-0.2, 0) is 11.0 Å². The van der Waals surface area contributed by atoms with Gasteiger partial charge in [-0.15, -0.1) is 11.8 Å². The fourth-order valence-corrected chi connectivity index (χ4v) is 2.75. The average molecular weight is 294 g/mol. The van der Waals surface area contributed by atoms with Crippen LogP contribution in [0.15, 0.2) is 17.2 Å². The van der Waals surface area contributed by atoms with Crippen LogP contribution in [0.3, 0.4) is 0 Å². The van der Waals surface area contributed by atoms with Gasteiger partial charge in [0.1, 0.15) is 11.1 Å². The van der Waals surface area contributed by atoms with Crippen LogP contribution < -0.4 is 0 Å². The second-order valence-electron chi connectivity index (χ2n) is 6.02. The van der Waals surface area contributed by atoms with Crippen molar-refractivity contribution in [2.45, 2.75) is 50.5 Å². The van der Waals surface area contributed by atoms with Crippen LogP contribution in [0.2, 0.25) is 18.1 Å². The molecule has 104 valence electrons. The number of thioether (sulfide) groups is 1. The lowest BCUT2D eigenvalue weighted by Gasteiger charge is -2.36. The first-order valence-electron chi connectivity index (χ1n) is 6.29. The molecule has 1 heterocycles. The topological polar surface area (TPSA) is 45.9 Å². The van der Waals surface area contributed by atoms with Crippen molar-refractivity contribution in [1.29, 1.82) is 5.26 Å². The molecule has 0 atom stereocenters. The number of hydrogen-bond donors (Lipinski definition) is 0. The van der Waals surface area contributed by atoms with Gasteiger partial charge in [0, 0.05) is 0 Å². The number of hydrogen-bond acceptors (Lipinski definition) is 4. The molecule has 0 N–H and O–H groups in total. The van der Waals surface area contributed by atoms with Gasteiger partial charge in [-0.25, -0.2) is 4.98 Å². The van der Waals surface area contributed by atoms with Gasteiger partial charge in [-0.1, -0.05) is 20.8 Å². The highest BCUT2D eigenvalue weighted by Gasteiger charge is 2.37. The zero-order chi connectivity index (χ0) is 14.7. The lowest BCUT2D eigenvalue weighted by molar-refractivity contribution is 0.271. The highest BCUT2D eigenvalue weighted by Crippen LogP contribution is 2.37. The standard InChI is InChI=1S/C14H22N2OSSi/c1-14(2,3)19(5,6)17-10-12-8-7-11(9-15)13(16-12)18-4/h7-8H,10H2,1-6H3. The van der Waals surface area contributed by atoms with Crippen LogP contribution in [0, 0.1) is 11.3 Å². The van der Waals surface area contributed by atoms with Crippen LogP contribution in [0.5, 0.6) is 0 Å². The largest absolute Gasteiger partial charge is 0.411 e. The molecule has 1 rings (SSSR count). The van der Waals surface area contributed by atoms with Crippen LogP contribution >= 0.6 is 11.8 Å². The Morgan fingerprint density at radius 2 is 2.00 bits per heavy atom. The van der Waals surface area contributed by atoms with Gasteiger partial charge in [0.15, 0.2) is 8.32 Å². The Hall–Kier alpha value is -0.833. The number of rotatable bonds is 4. The maximum absolute atomic E-state index is 8.98. The van der Waals surface area contributed by atoms with E-state index in [9.17, 15) is 0 Å². The highest BCUT2D eigenvalue weighted by atomic mass is 32.2. The van der Waals surface area contributed by atoms with Crippen LogP contribution in [0.4, 0.5) is 0 Å². The zero-order valence-electron chi connectivity index (χ0n) is 12.6. The summed E-state index contributed by atoms with van der Waals surface area (Å²) in [6.07, 6.45) is 1.93. The summed E-state index contributed by atoms with van der Waals surface area (Å²) in [5.41, 5.74) is 1.52. The third-order valence-electron chi connectivity index (χ3n) is 3.62. The van der Waals surface area contributed by atoms with Gasteiger partial charge in [-0.05, 0) is 36.5 Å². The zero-order valence-corrected chi connectivity index (χ0v) is 14.4. The fraction of sp³-hybridized carbons (Fsp3) is 0.571. The summed E-state index contributed by atoms with van der Waals surface area (Å²) in [5.74, 6) is 0. The Balaban J connectivity index is 2.83. The second kappa shape index (κ2) is 6.08. The molecule has 19 heavy (non-hydrogen) atoms. The molecule has 0 aliphatic carbocycles. The number of nitriles is 1. The van der Waals surface area contributed by atoms with Crippen molar-refractivity contribution >= 4 is 20.1 Å². The van der Waals surface area contributed by atoms with Gasteiger partial charge in [0.05, 0.1) is 17.9 Å². The summed E-state index contributed by atoms with van der Waals surface area (Å²) in [5, 5.41) is 9.95. The average Bonchev–Trinajstić information content (AvgIpc) is 2.34. The van der Waals surface area contributed by atoms with E-state index in [2.05, 4.69) is 44.9 Å². The molecule has 0 radical (unpaired) electrons. The molecular weight excluding hydrogens is 272 g/mol. The summed E-state index contributed by atoms with van der Waals surface area (Å²) in [7, 11) is -1.75. The SMILES string of the molecule is CSc1nc(CO[Si](C)(C)C(C)(C)C)ccc1C#N. The molecule has 0 aliphatic rings. The molecule has 0 amide bonds. The summed E-state index contributed by atoms with van der Waals surface area (Å²) in [4.78, 5) is 4.48. The molecular formula is C14H22N2OSSi. The molecule has 0 saturated heterocycles. The van der Waals surface area contributed by atoms with Gasteiger partial charge in [-0.2, -0.15) is 5.26 Å². The van der Waals surface area contributed by atoms with E-state index >= 15 is 0 Å². The molecule has 0 spiro atoms. The molecule has 5 heteroatoms. The van der Waals surface area contributed by atoms with E-state index < -0.39 is 8.32 Å². The minimum atomic E-state index is -1.75. The smallest absolute Gasteiger partial charge is 0.192 e. The van der Waals surface area contributed by atoms with E-state index in [4.69, 9.17) is 9.69 Å². The predicted molar refractivity (Wildman–Crippen MR) is 82.7 cm³/mol. The minimum absolute atomic E-state index is 0.196. The van der Waals surface area contributed by atoms with Crippen LogP contribution in [-0.4, -0.2) is 19.6 Å². The summed E-state index contributed by atoms with van der Waals surface area (Å²) in [6.45, 7) is 11.6. The Kier molecular flexibility index (Phi) is 5.19. The van der Waals surface area contributed by atoms with E-state index in [0.717, 1.165) is 10.7 Å². The Morgan fingerprint density at radius 3 is 2.47 bits per heavy atom. The monoisotopic (exact) mass is 294 g/mol. The highest BCUT2D eigenvalue weighted by molar-refractivity contribution is 7.98. The third-order valence-corrected chi connectivity index (χ3v) is 8.80. The molecule has 0 aromatic carbocycles. The molecule has 3 nitrogen and oxygen atoms in total. The van der Waals surface area contributed by atoms with Crippen molar-refractivity contribution in [2.24, 2.45) is 0 Å². The molecule has 1 aromatic rings. The van der Waals surface area contributed by atoms with Crippen molar-refractivity contribution in [3.05, 3.63) is 23.4 Å². The van der Waals surface area contributed by atoms with Gasteiger partial charge in [0.25, 0.3) is 0 Å². The molecule has 0 bridgehead atoms. The lowest BCUT2D eigenvalue weighted by Crippen LogP contribution is -2.40. The Bertz CT molecular complexity index is 489. The van der Waals surface area contributed by atoms with Gasteiger partial charge >= 0.3 is 0 Å². The van der Waals surface area contributed by atoms with E-state index in [1.807, 2.05) is 18.4 Å².